The molecule has 0 radical (unpaired) electrons. The normalized spacial score (nSPS) is 15.4. The zero-order valence-corrected chi connectivity index (χ0v) is 13.9. The van der Waals surface area contributed by atoms with Crippen LogP contribution in [-0.4, -0.2) is 17.8 Å². The summed E-state index contributed by atoms with van der Waals surface area (Å²) in [5.41, 5.74) is 2.87. The Balaban J connectivity index is 2.74. The van der Waals surface area contributed by atoms with Gasteiger partial charge in [0.2, 0.25) is 0 Å². The van der Waals surface area contributed by atoms with Gasteiger partial charge in [0.05, 0.1) is 0 Å². The number of nitrogens with one attached hydrogen (secondary N) is 1. The Bertz CT molecular complexity index is 389. The van der Waals surface area contributed by atoms with Crippen LogP contribution in [0.15, 0.2) is 24.3 Å². The zero-order valence-electron chi connectivity index (χ0n) is 13.9. The largest absolute Gasteiger partial charge is 0.396 e. The lowest BCUT2D eigenvalue weighted by molar-refractivity contribution is 0.237. The molecule has 0 saturated carbocycles. The molecule has 0 fully saturated rings. The molecule has 0 aliphatic rings. The van der Waals surface area contributed by atoms with Crippen LogP contribution in [0.2, 0.25) is 0 Å². The van der Waals surface area contributed by atoms with Gasteiger partial charge in [-0.2, -0.15) is 0 Å². The molecule has 0 aliphatic carbocycles. The fraction of sp³-hybridized carbons (Fsp3) is 0.667. The van der Waals surface area contributed by atoms with E-state index in [1.165, 1.54) is 11.1 Å². The third-order valence-electron chi connectivity index (χ3n) is 3.99. The lowest BCUT2D eigenvalue weighted by Crippen LogP contribution is -2.36. The fourth-order valence-corrected chi connectivity index (χ4v) is 2.44. The summed E-state index contributed by atoms with van der Waals surface area (Å²) in [6.45, 7) is 13.5. The second kappa shape index (κ2) is 7.24. The minimum absolute atomic E-state index is 0.201. The molecule has 0 aromatic heterocycles. The molecule has 2 N–H and O–H groups in total. The van der Waals surface area contributed by atoms with Gasteiger partial charge in [-0.05, 0) is 35.8 Å². The van der Waals surface area contributed by atoms with Crippen molar-refractivity contribution in [1.82, 2.24) is 5.32 Å². The van der Waals surface area contributed by atoms with Crippen molar-refractivity contribution >= 4 is 0 Å². The van der Waals surface area contributed by atoms with Crippen LogP contribution in [0.3, 0.4) is 0 Å². The van der Waals surface area contributed by atoms with Gasteiger partial charge in [-0.25, -0.2) is 0 Å². The Morgan fingerprint density at radius 2 is 1.60 bits per heavy atom. The van der Waals surface area contributed by atoms with Crippen LogP contribution < -0.4 is 5.32 Å². The average Bonchev–Trinajstić information content (AvgIpc) is 2.37. The van der Waals surface area contributed by atoms with E-state index >= 15 is 0 Å². The molecule has 20 heavy (non-hydrogen) atoms. The van der Waals surface area contributed by atoms with Gasteiger partial charge in [-0.3, -0.25) is 0 Å². The lowest BCUT2D eigenvalue weighted by Gasteiger charge is -2.27. The number of hydrogen-bond acceptors (Lipinski definition) is 2. The van der Waals surface area contributed by atoms with Gasteiger partial charge in [0.15, 0.2) is 0 Å². The lowest BCUT2D eigenvalue weighted by atomic mass is 9.86. The molecule has 0 bridgehead atoms. The first-order chi connectivity index (χ1) is 9.25. The first-order valence-corrected chi connectivity index (χ1v) is 7.73. The van der Waals surface area contributed by atoms with Crippen molar-refractivity contribution in [3.63, 3.8) is 0 Å². The highest BCUT2D eigenvalue weighted by Gasteiger charge is 2.17. The predicted molar refractivity (Wildman–Crippen MR) is 87.0 cm³/mol. The Hall–Kier alpha value is -0.860. The van der Waals surface area contributed by atoms with Gasteiger partial charge >= 0.3 is 0 Å². The van der Waals surface area contributed by atoms with Crippen LogP contribution in [0.25, 0.3) is 0 Å². The molecule has 1 rings (SSSR count). The van der Waals surface area contributed by atoms with E-state index in [2.05, 4.69) is 71.1 Å². The van der Waals surface area contributed by atoms with Gasteiger partial charge < -0.3 is 10.4 Å². The van der Waals surface area contributed by atoms with Gasteiger partial charge in [-0.1, -0.05) is 58.9 Å². The SMILES string of the molecule is CC(NC(CCO)C(C)C)c1ccc(C(C)(C)C)cc1. The highest BCUT2D eigenvalue weighted by Crippen LogP contribution is 2.24. The van der Waals surface area contributed by atoms with Crippen molar-refractivity contribution in [2.24, 2.45) is 5.92 Å². The van der Waals surface area contributed by atoms with Crippen molar-refractivity contribution in [3.05, 3.63) is 35.4 Å². The summed E-state index contributed by atoms with van der Waals surface area (Å²) in [7, 11) is 0. The molecule has 0 saturated heterocycles. The topological polar surface area (TPSA) is 32.3 Å². The Morgan fingerprint density at radius 3 is 2.00 bits per heavy atom. The number of benzene rings is 1. The van der Waals surface area contributed by atoms with Crippen molar-refractivity contribution in [2.75, 3.05) is 6.61 Å². The molecule has 0 amide bonds. The van der Waals surface area contributed by atoms with E-state index in [1.54, 1.807) is 0 Å². The highest BCUT2D eigenvalue weighted by molar-refractivity contribution is 5.29. The zero-order chi connectivity index (χ0) is 15.3. The molecule has 0 heterocycles. The molecular formula is C18H31NO. The van der Waals surface area contributed by atoms with Gasteiger partial charge in [0.1, 0.15) is 0 Å². The highest BCUT2D eigenvalue weighted by atomic mass is 16.3. The smallest absolute Gasteiger partial charge is 0.0445 e. The molecular weight excluding hydrogens is 246 g/mol. The maximum atomic E-state index is 9.15. The molecule has 1 aromatic carbocycles. The number of aliphatic hydroxyl groups excluding tert-OH is 1. The van der Waals surface area contributed by atoms with Crippen LogP contribution in [0.1, 0.15) is 65.1 Å². The standard InChI is InChI=1S/C18H31NO/c1-13(2)17(11-12-20)19-14(3)15-7-9-16(10-8-15)18(4,5)6/h7-10,13-14,17,19-20H,11-12H2,1-6H3. The van der Waals surface area contributed by atoms with Crippen LogP contribution in [0.4, 0.5) is 0 Å². The number of hydrogen-bond donors (Lipinski definition) is 2. The number of rotatable bonds is 6. The van der Waals surface area contributed by atoms with Crippen molar-refractivity contribution in [1.29, 1.82) is 0 Å². The van der Waals surface area contributed by atoms with E-state index < -0.39 is 0 Å². The quantitative estimate of drug-likeness (QED) is 0.822. The summed E-state index contributed by atoms with van der Waals surface area (Å²) in [6.07, 6.45) is 0.808. The third-order valence-corrected chi connectivity index (χ3v) is 3.99. The maximum Gasteiger partial charge on any atom is 0.0445 e. The summed E-state index contributed by atoms with van der Waals surface area (Å²) in [4.78, 5) is 0. The number of aliphatic hydroxyl groups is 1. The molecule has 2 nitrogen and oxygen atoms in total. The predicted octanol–water partition coefficient (Wildman–Crippen LogP) is 4.04. The van der Waals surface area contributed by atoms with Crippen LogP contribution in [0, 0.1) is 5.92 Å². The van der Waals surface area contributed by atoms with E-state index in [-0.39, 0.29) is 12.0 Å². The third kappa shape index (κ3) is 4.92. The van der Waals surface area contributed by atoms with Gasteiger partial charge in [-0.15, -0.1) is 0 Å². The second-order valence-corrected chi connectivity index (χ2v) is 7.12. The van der Waals surface area contributed by atoms with E-state index in [9.17, 15) is 0 Å². The molecule has 2 unspecified atom stereocenters. The first-order valence-electron chi connectivity index (χ1n) is 7.73. The summed E-state index contributed by atoms with van der Waals surface area (Å²) in [5, 5.41) is 12.8. The summed E-state index contributed by atoms with van der Waals surface area (Å²) in [6, 6.07) is 9.55. The molecule has 2 atom stereocenters. The van der Waals surface area contributed by atoms with E-state index in [0.717, 1.165) is 6.42 Å². The van der Waals surface area contributed by atoms with Crippen molar-refractivity contribution in [3.8, 4) is 0 Å². The van der Waals surface area contributed by atoms with E-state index in [4.69, 9.17) is 5.11 Å². The minimum Gasteiger partial charge on any atom is -0.396 e. The first kappa shape index (κ1) is 17.2. The summed E-state index contributed by atoms with van der Waals surface area (Å²) in [5.74, 6) is 0.526. The summed E-state index contributed by atoms with van der Waals surface area (Å²) >= 11 is 0. The summed E-state index contributed by atoms with van der Waals surface area (Å²) < 4.78 is 0. The fourth-order valence-electron chi connectivity index (χ4n) is 2.44. The molecule has 114 valence electrons. The second-order valence-electron chi connectivity index (χ2n) is 7.12. The minimum atomic E-state index is 0.201. The van der Waals surface area contributed by atoms with E-state index in [1.807, 2.05) is 0 Å². The van der Waals surface area contributed by atoms with Crippen LogP contribution in [0.5, 0.6) is 0 Å². The van der Waals surface area contributed by atoms with Crippen LogP contribution >= 0.6 is 0 Å². The Kier molecular flexibility index (Phi) is 6.22. The Morgan fingerprint density at radius 1 is 1.05 bits per heavy atom. The molecule has 1 aromatic rings. The van der Waals surface area contributed by atoms with Gasteiger partial charge in [0.25, 0.3) is 0 Å². The maximum absolute atomic E-state index is 9.15. The average molecular weight is 277 g/mol. The molecule has 0 spiro atoms. The monoisotopic (exact) mass is 277 g/mol. The van der Waals surface area contributed by atoms with Gasteiger partial charge in [0, 0.05) is 18.7 Å². The van der Waals surface area contributed by atoms with Crippen molar-refractivity contribution < 1.29 is 5.11 Å². The van der Waals surface area contributed by atoms with Crippen molar-refractivity contribution in [2.45, 2.75) is 65.5 Å². The molecule has 2 heteroatoms. The van der Waals surface area contributed by atoms with E-state index in [0.29, 0.717) is 18.0 Å². The van der Waals surface area contributed by atoms with Crippen LogP contribution in [-0.2, 0) is 5.41 Å². The molecule has 0 aliphatic heterocycles. The Labute approximate surface area is 124 Å².